The lowest BCUT2D eigenvalue weighted by atomic mass is 10.1. The first-order chi connectivity index (χ1) is 9.96. The third-order valence-corrected chi connectivity index (χ3v) is 3.21. The maximum absolute atomic E-state index is 9.48. The fraction of sp³-hybridized carbons (Fsp3) is 0.444. The molecule has 0 radical (unpaired) electrons. The van der Waals surface area contributed by atoms with E-state index in [2.05, 4.69) is 23.7 Å². The number of methoxy groups -OCH3 is 1. The molecule has 0 saturated carbocycles. The monoisotopic (exact) mass is 287 g/mol. The minimum Gasteiger partial charge on any atom is -0.508 e. The smallest absolute Gasteiger partial charge is 0.123 e. The minimum absolute atomic E-state index is 0.312. The van der Waals surface area contributed by atoms with Crippen LogP contribution >= 0.6 is 0 Å². The summed E-state index contributed by atoms with van der Waals surface area (Å²) >= 11 is 0. The fourth-order valence-corrected chi connectivity index (χ4v) is 1.75. The Morgan fingerprint density at radius 1 is 1.38 bits per heavy atom. The van der Waals surface area contributed by atoms with Crippen LogP contribution in [-0.2, 0) is 11.3 Å². The number of likely N-dealkylation sites (N-methyl/N-ethyl adjacent to an activating group) is 1. The van der Waals surface area contributed by atoms with Gasteiger partial charge in [-0.15, -0.1) is 0 Å². The van der Waals surface area contributed by atoms with Crippen LogP contribution in [0, 0.1) is 11.8 Å². The average molecular weight is 287 g/mol. The fourth-order valence-electron chi connectivity index (χ4n) is 1.75. The van der Waals surface area contributed by atoms with Gasteiger partial charge in [0.2, 0.25) is 0 Å². The number of phenolic OH excluding ortho intramolecular Hbond substituents is 1. The summed E-state index contributed by atoms with van der Waals surface area (Å²) in [6, 6.07) is 7.37. The van der Waals surface area contributed by atoms with Gasteiger partial charge in [-0.25, -0.2) is 0 Å². The molecule has 21 heavy (non-hydrogen) atoms. The molecule has 0 aliphatic carbocycles. The number of phenols is 1. The van der Waals surface area contributed by atoms with Gasteiger partial charge < -0.3 is 9.84 Å². The summed E-state index contributed by atoms with van der Waals surface area (Å²) < 4.78 is 5.24. The predicted molar refractivity (Wildman–Crippen MR) is 87.1 cm³/mol. The zero-order valence-corrected chi connectivity index (χ0v) is 13.4. The number of hydrogen-bond acceptors (Lipinski definition) is 3. The van der Waals surface area contributed by atoms with Gasteiger partial charge in [-0.1, -0.05) is 37.0 Å². The average Bonchev–Trinajstić information content (AvgIpc) is 2.45. The molecule has 0 bridgehead atoms. The summed E-state index contributed by atoms with van der Waals surface area (Å²) in [5.41, 5.74) is 0.702. The number of rotatable bonds is 6. The molecule has 1 aromatic rings. The number of aromatic hydroxyl groups is 1. The SMILES string of the molecule is CCN(C/C=C/C#CC(C)(C)OC)Cc1cccc(O)c1. The summed E-state index contributed by atoms with van der Waals surface area (Å²) in [6.45, 7) is 8.58. The zero-order valence-electron chi connectivity index (χ0n) is 13.4. The molecule has 0 amide bonds. The van der Waals surface area contributed by atoms with Crippen LogP contribution < -0.4 is 0 Å². The zero-order chi connectivity index (χ0) is 15.7. The molecule has 1 N–H and O–H groups in total. The molecule has 1 aromatic carbocycles. The topological polar surface area (TPSA) is 32.7 Å². The van der Waals surface area contributed by atoms with E-state index in [1.165, 1.54) is 0 Å². The van der Waals surface area contributed by atoms with Crippen LogP contribution in [0.15, 0.2) is 36.4 Å². The van der Waals surface area contributed by atoms with Gasteiger partial charge in [0.15, 0.2) is 0 Å². The van der Waals surface area contributed by atoms with Gasteiger partial charge in [0.05, 0.1) is 0 Å². The molecule has 0 aromatic heterocycles. The maximum atomic E-state index is 9.48. The number of hydrogen-bond donors (Lipinski definition) is 1. The van der Waals surface area contributed by atoms with Crippen LogP contribution in [-0.4, -0.2) is 35.8 Å². The van der Waals surface area contributed by atoms with Gasteiger partial charge in [-0.3, -0.25) is 4.90 Å². The predicted octanol–water partition coefficient (Wildman–Crippen LogP) is 3.20. The van der Waals surface area contributed by atoms with Gasteiger partial charge in [-0.2, -0.15) is 0 Å². The van der Waals surface area contributed by atoms with E-state index in [0.29, 0.717) is 5.75 Å². The van der Waals surface area contributed by atoms with E-state index in [1.54, 1.807) is 19.2 Å². The van der Waals surface area contributed by atoms with E-state index in [9.17, 15) is 5.11 Å². The van der Waals surface area contributed by atoms with E-state index < -0.39 is 5.60 Å². The molecule has 0 unspecified atom stereocenters. The van der Waals surface area contributed by atoms with Gasteiger partial charge >= 0.3 is 0 Å². The number of nitrogens with zero attached hydrogens (tertiary/aromatic N) is 1. The maximum Gasteiger partial charge on any atom is 0.123 e. The van der Waals surface area contributed by atoms with E-state index in [0.717, 1.165) is 25.2 Å². The van der Waals surface area contributed by atoms with Crippen molar-refractivity contribution >= 4 is 0 Å². The summed E-state index contributed by atoms with van der Waals surface area (Å²) in [4.78, 5) is 2.27. The Hall–Kier alpha value is -1.76. The number of allylic oxidation sites excluding steroid dienone is 1. The van der Waals surface area contributed by atoms with Gasteiger partial charge in [0.25, 0.3) is 0 Å². The van der Waals surface area contributed by atoms with E-state index in [-0.39, 0.29) is 0 Å². The summed E-state index contributed by atoms with van der Waals surface area (Å²) in [6.07, 6.45) is 3.91. The highest BCUT2D eigenvalue weighted by atomic mass is 16.5. The second-order valence-electron chi connectivity index (χ2n) is 5.38. The highest BCUT2D eigenvalue weighted by Crippen LogP contribution is 2.12. The first-order valence-corrected chi connectivity index (χ1v) is 7.20. The third kappa shape index (κ3) is 6.99. The first kappa shape index (κ1) is 17.3. The van der Waals surface area contributed by atoms with Crippen LogP contribution in [0.5, 0.6) is 5.75 Å². The van der Waals surface area contributed by atoms with Crippen molar-refractivity contribution in [1.82, 2.24) is 4.90 Å². The number of ether oxygens (including phenoxy) is 1. The Bertz CT molecular complexity index is 524. The largest absolute Gasteiger partial charge is 0.508 e. The van der Waals surface area contributed by atoms with Gasteiger partial charge in [-0.05, 0) is 44.2 Å². The molecular weight excluding hydrogens is 262 g/mol. The van der Waals surface area contributed by atoms with Crippen molar-refractivity contribution in [2.75, 3.05) is 20.2 Å². The summed E-state index contributed by atoms with van der Waals surface area (Å²) in [5, 5.41) is 9.48. The second kappa shape index (κ2) is 8.51. The normalized spacial score (nSPS) is 11.7. The van der Waals surface area contributed by atoms with Crippen molar-refractivity contribution < 1.29 is 9.84 Å². The minimum atomic E-state index is -0.406. The highest BCUT2D eigenvalue weighted by Gasteiger charge is 2.10. The summed E-state index contributed by atoms with van der Waals surface area (Å²) in [7, 11) is 1.66. The van der Waals surface area contributed by atoms with Crippen LogP contribution in [0.3, 0.4) is 0 Å². The van der Waals surface area contributed by atoms with Crippen molar-refractivity contribution in [3.8, 4) is 17.6 Å². The molecule has 0 aliphatic heterocycles. The molecule has 0 spiro atoms. The molecule has 1 rings (SSSR count). The lowest BCUT2D eigenvalue weighted by Gasteiger charge is -2.18. The molecule has 0 atom stereocenters. The molecule has 0 aliphatic rings. The molecule has 0 saturated heterocycles. The highest BCUT2D eigenvalue weighted by molar-refractivity contribution is 5.27. The molecule has 3 heteroatoms. The molecule has 0 heterocycles. The Balaban J connectivity index is 2.51. The molecule has 114 valence electrons. The van der Waals surface area contributed by atoms with Crippen LogP contribution in [0.25, 0.3) is 0 Å². The van der Waals surface area contributed by atoms with Crippen molar-refractivity contribution in [3.63, 3.8) is 0 Å². The Morgan fingerprint density at radius 2 is 2.14 bits per heavy atom. The van der Waals surface area contributed by atoms with E-state index >= 15 is 0 Å². The Labute approximate surface area is 128 Å². The van der Waals surface area contributed by atoms with Crippen LogP contribution in [0.4, 0.5) is 0 Å². The first-order valence-electron chi connectivity index (χ1n) is 7.20. The molecule has 0 fully saturated rings. The van der Waals surface area contributed by atoms with Crippen LogP contribution in [0.1, 0.15) is 26.3 Å². The Kier molecular flexibility index (Phi) is 7.01. The molecule has 3 nitrogen and oxygen atoms in total. The van der Waals surface area contributed by atoms with Crippen LogP contribution in [0.2, 0.25) is 0 Å². The lowest BCUT2D eigenvalue weighted by Crippen LogP contribution is -2.22. The van der Waals surface area contributed by atoms with Gasteiger partial charge in [0, 0.05) is 20.2 Å². The summed E-state index contributed by atoms with van der Waals surface area (Å²) in [5.74, 6) is 6.37. The van der Waals surface area contributed by atoms with Crippen molar-refractivity contribution in [1.29, 1.82) is 0 Å². The second-order valence-corrected chi connectivity index (χ2v) is 5.38. The quantitative estimate of drug-likeness (QED) is 0.816. The van der Waals surface area contributed by atoms with E-state index in [4.69, 9.17) is 4.74 Å². The van der Waals surface area contributed by atoms with Crippen molar-refractivity contribution in [3.05, 3.63) is 42.0 Å². The molecular formula is C18H25NO2. The lowest BCUT2D eigenvalue weighted by molar-refractivity contribution is 0.0742. The van der Waals surface area contributed by atoms with Crippen molar-refractivity contribution in [2.45, 2.75) is 32.9 Å². The Morgan fingerprint density at radius 3 is 2.76 bits per heavy atom. The standard InChI is InChI=1S/C18H25NO2/c1-5-19(15-16-10-9-11-17(20)14-16)13-8-6-7-12-18(2,3)21-4/h6,8-11,14,20H,5,13,15H2,1-4H3/b8-6+. The third-order valence-electron chi connectivity index (χ3n) is 3.21. The van der Waals surface area contributed by atoms with E-state index in [1.807, 2.05) is 38.1 Å². The number of benzene rings is 1. The van der Waals surface area contributed by atoms with Crippen molar-refractivity contribution in [2.24, 2.45) is 0 Å². The van der Waals surface area contributed by atoms with Gasteiger partial charge in [0.1, 0.15) is 11.4 Å².